The van der Waals surface area contributed by atoms with E-state index in [1.54, 1.807) is 4.90 Å². The van der Waals surface area contributed by atoms with Gasteiger partial charge in [0.05, 0.1) is 11.5 Å². The number of hydrogen-bond donors (Lipinski definition) is 2. The zero-order chi connectivity index (χ0) is 20.2. The lowest BCUT2D eigenvalue weighted by Crippen LogP contribution is -2.39. The van der Waals surface area contributed by atoms with Crippen LogP contribution in [0.2, 0.25) is 0 Å². The van der Waals surface area contributed by atoms with Crippen molar-refractivity contribution in [2.24, 2.45) is 5.92 Å². The second-order valence-corrected chi connectivity index (χ2v) is 6.66. The van der Waals surface area contributed by atoms with Crippen molar-refractivity contribution < 1.29 is 27.6 Å². The predicted octanol–water partition coefficient (Wildman–Crippen LogP) is 1.81. The van der Waals surface area contributed by atoms with Crippen molar-refractivity contribution in [1.29, 1.82) is 0 Å². The van der Waals surface area contributed by atoms with Crippen LogP contribution in [0.4, 0.5) is 13.2 Å². The Hall–Kier alpha value is -2.58. The Morgan fingerprint density at radius 2 is 1.74 bits per heavy atom. The Morgan fingerprint density at radius 3 is 2.26 bits per heavy atom. The number of benzene rings is 1. The summed E-state index contributed by atoms with van der Waals surface area (Å²) in [5.74, 6) is -1.25. The van der Waals surface area contributed by atoms with Crippen LogP contribution in [0.1, 0.15) is 36.2 Å². The summed E-state index contributed by atoms with van der Waals surface area (Å²) < 4.78 is 37.5. The van der Waals surface area contributed by atoms with Gasteiger partial charge >= 0.3 is 6.18 Å². The van der Waals surface area contributed by atoms with Crippen LogP contribution in [-0.4, -0.2) is 48.3 Å². The highest BCUT2D eigenvalue weighted by atomic mass is 19.4. The van der Waals surface area contributed by atoms with E-state index in [-0.39, 0.29) is 42.9 Å². The van der Waals surface area contributed by atoms with Gasteiger partial charge in [-0.2, -0.15) is 13.2 Å². The van der Waals surface area contributed by atoms with Crippen molar-refractivity contribution in [2.45, 2.75) is 32.5 Å². The number of halogens is 3. The fourth-order valence-electron chi connectivity index (χ4n) is 2.82. The maximum Gasteiger partial charge on any atom is 0.416 e. The monoisotopic (exact) mass is 385 g/mol. The molecule has 1 unspecified atom stereocenters. The molecule has 148 valence electrons. The highest BCUT2D eigenvalue weighted by Crippen LogP contribution is 2.29. The molecule has 3 amide bonds. The predicted molar refractivity (Wildman–Crippen MR) is 91.7 cm³/mol. The van der Waals surface area contributed by atoms with Crippen LogP contribution >= 0.6 is 0 Å². The molecule has 1 aliphatic rings. The lowest BCUT2D eigenvalue weighted by Gasteiger charge is -2.20. The van der Waals surface area contributed by atoms with Gasteiger partial charge in [0.1, 0.15) is 0 Å². The maximum absolute atomic E-state index is 12.5. The van der Waals surface area contributed by atoms with E-state index in [4.69, 9.17) is 0 Å². The van der Waals surface area contributed by atoms with E-state index in [2.05, 4.69) is 10.6 Å². The molecule has 9 heteroatoms. The quantitative estimate of drug-likeness (QED) is 0.733. The number of amides is 3. The molecule has 1 saturated heterocycles. The summed E-state index contributed by atoms with van der Waals surface area (Å²) in [6.45, 7) is 4.43. The second kappa shape index (κ2) is 8.41. The van der Waals surface area contributed by atoms with Gasteiger partial charge in [0.2, 0.25) is 11.8 Å². The van der Waals surface area contributed by atoms with E-state index in [0.29, 0.717) is 6.54 Å². The normalized spacial score (nSPS) is 17.3. The average Bonchev–Trinajstić information content (AvgIpc) is 3.00. The van der Waals surface area contributed by atoms with Crippen LogP contribution in [-0.2, 0) is 15.8 Å². The molecule has 0 aromatic heterocycles. The summed E-state index contributed by atoms with van der Waals surface area (Å²) in [6, 6.07) is 3.92. The van der Waals surface area contributed by atoms with Gasteiger partial charge in [-0.3, -0.25) is 14.4 Å². The zero-order valence-electron chi connectivity index (χ0n) is 15.1. The lowest BCUT2D eigenvalue weighted by molar-refractivity contribution is -0.137. The molecule has 1 fully saturated rings. The Kier molecular flexibility index (Phi) is 6.45. The van der Waals surface area contributed by atoms with Gasteiger partial charge in [-0.25, -0.2) is 0 Å². The fraction of sp³-hybridized carbons (Fsp3) is 0.500. The number of hydrogen-bond acceptors (Lipinski definition) is 3. The number of likely N-dealkylation sites (tertiary alicyclic amines) is 1. The lowest BCUT2D eigenvalue weighted by atomic mass is 10.1. The molecule has 1 atom stereocenters. The Morgan fingerprint density at radius 1 is 1.15 bits per heavy atom. The molecular formula is C18H22F3N3O3. The Bertz CT molecular complexity index is 702. The van der Waals surface area contributed by atoms with Gasteiger partial charge < -0.3 is 15.5 Å². The largest absolute Gasteiger partial charge is 0.416 e. The molecule has 0 saturated carbocycles. The molecule has 0 bridgehead atoms. The van der Waals surface area contributed by atoms with E-state index in [1.807, 2.05) is 13.8 Å². The molecule has 1 aromatic rings. The third-order valence-corrected chi connectivity index (χ3v) is 4.34. The van der Waals surface area contributed by atoms with E-state index < -0.39 is 23.6 Å². The molecule has 0 aliphatic carbocycles. The van der Waals surface area contributed by atoms with Gasteiger partial charge in [-0.15, -0.1) is 0 Å². The number of rotatable bonds is 6. The Labute approximate surface area is 155 Å². The minimum atomic E-state index is -4.45. The van der Waals surface area contributed by atoms with Gasteiger partial charge in [-0.05, 0) is 38.1 Å². The van der Waals surface area contributed by atoms with Crippen molar-refractivity contribution in [3.05, 3.63) is 35.4 Å². The number of nitrogens with one attached hydrogen (secondary N) is 2. The summed E-state index contributed by atoms with van der Waals surface area (Å²) in [5, 5.41) is 5.19. The smallest absolute Gasteiger partial charge is 0.354 e. The van der Waals surface area contributed by atoms with E-state index in [0.717, 1.165) is 24.3 Å². The van der Waals surface area contributed by atoms with Crippen molar-refractivity contribution in [3.8, 4) is 0 Å². The highest BCUT2D eigenvalue weighted by Gasteiger charge is 2.35. The summed E-state index contributed by atoms with van der Waals surface area (Å²) in [7, 11) is 0. The molecular weight excluding hydrogens is 363 g/mol. The van der Waals surface area contributed by atoms with Crippen LogP contribution in [0, 0.1) is 5.92 Å². The number of alkyl halides is 3. The van der Waals surface area contributed by atoms with Crippen molar-refractivity contribution in [2.75, 3.05) is 19.6 Å². The third kappa shape index (κ3) is 5.45. The van der Waals surface area contributed by atoms with Gasteiger partial charge in [0.25, 0.3) is 5.91 Å². The summed E-state index contributed by atoms with van der Waals surface area (Å²) in [4.78, 5) is 37.5. The van der Waals surface area contributed by atoms with E-state index in [1.165, 1.54) is 0 Å². The first-order valence-electron chi connectivity index (χ1n) is 8.62. The first-order chi connectivity index (χ1) is 12.6. The molecule has 6 nitrogen and oxygen atoms in total. The van der Waals surface area contributed by atoms with Crippen LogP contribution in [0.3, 0.4) is 0 Å². The number of nitrogens with zero attached hydrogens (tertiary/aromatic N) is 1. The Balaban J connectivity index is 1.74. The van der Waals surface area contributed by atoms with Crippen LogP contribution < -0.4 is 10.6 Å². The van der Waals surface area contributed by atoms with Crippen LogP contribution in [0.15, 0.2) is 24.3 Å². The fourth-order valence-corrected chi connectivity index (χ4v) is 2.82. The SMILES string of the molecule is CC(C)N1CC(C(=O)NCCNC(=O)c2ccc(C(F)(F)F)cc2)CC1=O. The number of carbonyl (C=O) groups excluding carboxylic acids is 3. The molecule has 1 heterocycles. The molecule has 2 N–H and O–H groups in total. The summed E-state index contributed by atoms with van der Waals surface area (Å²) >= 11 is 0. The van der Waals surface area contributed by atoms with Crippen molar-refractivity contribution in [1.82, 2.24) is 15.5 Å². The summed E-state index contributed by atoms with van der Waals surface area (Å²) in [6.07, 6.45) is -4.28. The van der Waals surface area contributed by atoms with Crippen LogP contribution in [0.25, 0.3) is 0 Å². The van der Waals surface area contributed by atoms with Gasteiger partial charge in [0, 0.05) is 37.7 Å². The molecule has 0 radical (unpaired) electrons. The van der Waals surface area contributed by atoms with Crippen molar-refractivity contribution >= 4 is 17.7 Å². The second-order valence-electron chi connectivity index (χ2n) is 6.66. The minimum Gasteiger partial charge on any atom is -0.354 e. The topological polar surface area (TPSA) is 78.5 Å². The molecule has 27 heavy (non-hydrogen) atoms. The number of carbonyl (C=O) groups is 3. The third-order valence-electron chi connectivity index (χ3n) is 4.34. The van der Waals surface area contributed by atoms with Gasteiger partial charge in [-0.1, -0.05) is 0 Å². The first kappa shape index (κ1) is 20.7. The van der Waals surface area contributed by atoms with E-state index >= 15 is 0 Å². The zero-order valence-corrected chi connectivity index (χ0v) is 15.1. The highest BCUT2D eigenvalue weighted by molar-refractivity contribution is 5.94. The van der Waals surface area contributed by atoms with Gasteiger partial charge in [0.15, 0.2) is 0 Å². The maximum atomic E-state index is 12.5. The molecule has 1 aliphatic heterocycles. The standard InChI is InChI=1S/C18H22F3N3O3/c1-11(2)24-10-13(9-15(24)25)17(27)23-8-7-22-16(26)12-3-5-14(6-4-12)18(19,20)21/h3-6,11,13H,7-10H2,1-2H3,(H,22,26)(H,23,27). The van der Waals surface area contributed by atoms with E-state index in [9.17, 15) is 27.6 Å². The minimum absolute atomic E-state index is 0.0401. The average molecular weight is 385 g/mol. The van der Waals surface area contributed by atoms with Crippen molar-refractivity contribution in [3.63, 3.8) is 0 Å². The first-order valence-corrected chi connectivity index (χ1v) is 8.62. The molecule has 2 rings (SSSR count). The van der Waals surface area contributed by atoms with Crippen LogP contribution in [0.5, 0.6) is 0 Å². The molecule has 0 spiro atoms. The summed E-state index contributed by atoms with van der Waals surface area (Å²) in [5.41, 5.74) is -0.726. The molecule has 1 aromatic carbocycles.